The van der Waals surface area contributed by atoms with E-state index in [0.29, 0.717) is 5.70 Å². The second kappa shape index (κ2) is 4.60. The summed E-state index contributed by atoms with van der Waals surface area (Å²) in [5.41, 5.74) is 9.26. The summed E-state index contributed by atoms with van der Waals surface area (Å²) >= 11 is 0. The summed E-state index contributed by atoms with van der Waals surface area (Å²) in [5, 5.41) is 0. The molecule has 0 radical (unpaired) electrons. The van der Waals surface area contributed by atoms with Crippen LogP contribution in [0.5, 0.6) is 0 Å². The minimum Gasteiger partial charge on any atom is -0.399 e. The van der Waals surface area contributed by atoms with Crippen molar-refractivity contribution >= 4 is 0 Å². The lowest BCUT2D eigenvalue weighted by Gasteiger charge is -1.98. The van der Waals surface area contributed by atoms with Gasteiger partial charge in [0, 0.05) is 5.70 Å². The zero-order valence-electron chi connectivity index (χ0n) is 8.15. The average Bonchev–Trinajstić information content (AvgIpc) is 1.98. The normalized spacial score (nSPS) is 9.92. The fourth-order valence-corrected chi connectivity index (χ4v) is 0.499. The van der Waals surface area contributed by atoms with Crippen molar-refractivity contribution in [3.05, 3.63) is 47.7 Å². The maximum Gasteiger partial charge on any atom is 0.0308 e. The van der Waals surface area contributed by atoms with Gasteiger partial charge in [0.1, 0.15) is 0 Å². The van der Waals surface area contributed by atoms with Crippen molar-refractivity contribution in [2.24, 2.45) is 5.73 Å². The first-order chi connectivity index (χ1) is 5.45. The van der Waals surface area contributed by atoms with Gasteiger partial charge in [0.15, 0.2) is 0 Å². The highest BCUT2D eigenvalue weighted by Crippen LogP contribution is 2.07. The number of allylic oxidation sites excluding steroid dienone is 4. The van der Waals surface area contributed by atoms with E-state index in [1.807, 2.05) is 12.2 Å². The van der Waals surface area contributed by atoms with Gasteiger partial charge in [-0.3, -0.25) is 0 Å². The molecule has 0 fully saturated rings. The first kappa shape index (κ1) is 10.8. The molecule has 12 heavy (non-hydrogen) atoms. The van der Waals surface area contributed by atoms with Crippen molar-refractivity contribution < 1.29 is 0 Å². The second-order valence-corrected chi connectivity index (χ2v) is 3.07. The van der Waals surface area contributed by atoms with Crippen molar-refractivity contribution in [3.8, 4) is 0 Å². The van der Waals surface area contributed by atoms with E-state index in [9.17, 15) is 0 Å². The van der Waals surface area contributed by atoms with Crippen LogP contribution in [0, 0.1) is 0 Å². The van der Waals surface area contributed by atoms with Gasteiger partial charge in [-0.1, -0.05) is 36.5 Å². The Bertz CT molecular complexity index is 250. The monoisotopic (exact) mass is 163 g/mol. The Kier molecular flexibility index (Phi) is 4.12. The molecule has 0 rings (SSSR count). The average molecular weight is 163 g/mol. The molecular weight excluding hydrogens is 146 g/mol. The largest absolute Gasteiger partial charge is 0.399 e. The van der Waals surface area contributed by atoms with Gasteiger partial charge in [-0.05, 0) is 26.3 Å². The molecule has 0 saturated carbocycles. The number of rotatable bonds is 3. The summed E-state index contributed by atoms with van der Waals surface area (Å²) in [6.45, 7) is 13.5. The SMILES string of the molecule is C=C(N)C(=C)/C=C\C(C)=C(C)C. The molecule has 0 aromatic carbocycles. The van der Waals surface area contributed by atoms with E-state index in [-0.39, 0.29) is 0 Å². The molecule has 0 spiro atoms. The third kappa shape index (κ3) is 3.81. The quantitative estimate of drug-likeness (QED) is 0.636. The zero-order valence-corrected chi connectivity index (χ0v) is 8.15. The first-order valence-electron chi connectivity index (χ1n) is 3.91. The smallest absolute Gasteiger partial charge is 0.0308 e. The molecule has 0 aliphatic heterocycles. The standard InChI is InChI=1S/C11H17N/c1-8(2)9(3)6-7-10(4)11(5)12/h6-7H,4-5,12H2,1-3H3/b7-6-. The van der Waals surface area contributed by atoms with E-state index in [0.717, 1.165) is 5.57 Å². The van der Waals surface area contributed by atoms with E-state index in [1.54, 1.807) is 0 Å². The van der Waals surface area contributed by atoms with Crippen molar-refractivity contribution in [2.45, 2.75) is 20.8 Å². The second-order valence-electron chi connectivity index (χ2n) is 3.07. The van der Waals surface area contributed by atoms with Crippen LogP contribution >= 0.6 is 0 Å². The third-order valence-corrected chi connectivity index (χ3v) is 1.74. The number of nitrogens with two attached hydrogens (primary N) is 1. The van der Waals surface area contributed by atoms with Gasteiger partial charge >= 0.3 is 0 Å². The van der Waals surface area contributed by atoms with E-state index in [2.05, 4.69) is 33.9 Å². The molecule has 0 aromatic rings. The van der Waals surface area contributed by atoms with Crippen molar-refractivity contribution in [2.75, 3.05) is 0 Å². The van der Waals surface area contributed by atoms with Crippen LogP contribution in [0.1, 0.15) is 20.8 Å². The molecule has 0 amide bonds. The molecule has 0 atom stereocenters. The lowest BCUT2D eigenvalue weighted by Crippen LogP contribution is -1.94. The van der Waals surface area contributed by atoms with E-state index in [4.69, 9.17) is 5.73 Å². The maximum absolute atomic E-state index is 5.44. The van der Waals surface area contributed by atoms with Gasteiger partial charge in [0.05, 0.1) is 0 Å². The Labute approximate surface area is 75.0 Å². The van der Waals surface area contributed by atoms with Crippen molar-refractivity contribution in [3.63, 3.8) is 0 Å². The molecule has 2 N–H and O–H groups in total. The molecule has 1 heteroatoms. The van der Waals surface area contributed by atoms with E-state index >= 15 is 0 Å². The summed E-state index contributed by atoms with van der Waals surface area (Å²) in [7, 11) is 0. The molecule has 0 aliphatic rings. The van der Waals surface area contributed by atoms with E-state index < -0.39 is 0 Å². The van der Waals surface area contributed by atoms with Crippen molar-refractivity contribution in [1.29, 1.82) is 0 Å². The van der Waals surface area contributed by atoms with Crippen LogP contribution < -0.4 is 5.73 Å². The van der Waals surface area contributed by atoms with Gasteiger partial charge in [-0.2, -0.15) is 0 Å². The molecule has 1 nitrogen and oxygen atoms in total. The summed E-state index contributed by atoms with van der Waals surface area (Å²) in [5.74, 6) is 0. The summed E-state index contributed by atoms with van der Waals surface area (Å²) in [6.07, 6.45) is 3.88. The fourth-order valence-electron chi connectivity index (χ4n) is 0.499. The Morgan fingerprint density at radius 2 is 1.58 bits per heavy atom. The fraction of sp³-hybridized carbons (Fsp3) is 0.273. The van der Waals surface area contributed by atoms with E-state index in [1.165, 1.54) is 11.1 Å². The topological polar surface area (TPSA) is 26.0 Å². The summed E-state index contributed by atoms with van der Waals surface area (Å²) < 4.78 is 0. The summed E-state index contributed by atoms with van der Waals surface area (Å²) in [6, 6.07) is 0. The lowest BCUT2D eigenvalue weighted by atomic mass is 10.1. The highest BCUT2D eigenvalue weighted by atomic mass is 14.6. The molecule has 0 heterocycles. The van der Waals surface area contributed by atoms with Gasteiger partial charge in [0.2, 0.25) is 0 Å². The first-order valence-corrected chi connectivity index (χ1v) is 3.91. The highest BCUT2D eigenvalue weighted by molar-refractivity contribution is 5.36. The summed E-state index contributed by atoms with van der Waals surface area (Å²) in [4.78, 5) is 0. The van der Waals surface area contributed by atoms with Crippen LogP contribution in [0.25, 0.3) is 0 Å². The predicted octanol–water partition coefficient (Wildman–Crippen LogP) is 2.93. The Balaban J connectivity index is 4.37. The van der Waals surface area contributed by atoms with Crippen LogP contribution in [0.4, 0.5) is 0 Å². The molecule has 0 aliphatic carbocycles. The molecule has 0 aromatic heterocycles. The highest BCUT2D eigenvalue weighted by Gasteiger charge is 1.89. The zero-order chi connectivity index (χ0) is 9.72. The molecule has 0 bridgehead atoms. The molecular formula is C11H17N. The lowest BCUT2D eigenvalue weighted by molar-refractivity contribution is 1.29. The van der Waals surface area contributed by atoms with Crippen LogP contribution in [-0.4, -0.2) is 0 Å². The predicted molar refractivity (Wildman–Crippen MR) is 55.7 cm³/mol. The Hall–Kier alpha value is -1.24. The van der Waals surface area contributed by atoms with Crippen molar-refractivity contribution in [1.82, 2.24) is 0 Å². The number of hydrogen-bond donors (Lipinski definition) is 1. The molecule has 0 unspecified atom stereocenters. The third-order valence-electron chi connectivity index (χ3n) is 1.74. The van der Waals surface area contributed by atoms with Gasteiger partial charge in [-0.15, -0.1) is 0 Å². The minimum atomic E-state index is 0.521. The van der Waals surface area contributed by atoms with Gasteiger partial charge in [-0.25, -0.2) is 0 Å². The molecule has 66 valence electrons. The van der Waals surface area contributed by atoms with Crippen LogP contribution in [-0.2, 0) is 0 Å². The Morgan fingerprint density at radius 3 is 1.92 bits per heavy atom. The minimum absolute atomic E-state index is 0.521. The number of hydrogen-bond acceptors (Lipinski definition) is 1. The maximum atomic E-state index is 5.44. The Morgan fingerprint density at radius 1 is 1.08 bits per heavy atom. The van der Waals surface area contributed by atoms with Gasteiger partial charge < -0.3 is 5.73 Å². The van der Waals surface area contributed by atoms with Gasteiger partial charge in [0.25, 0.3) is 0 Å². The van der Waals surface area contributed by atoms with Crippen LogP contribution in [0.15, 0.2) is 47.7 Å². The van der Waals surface area contributed by atoms with Crippen LogP contribution in [0.2, 0.25) is 0 Å². The van der Waals surface area contributed by atoms with Crippen LogP contribution in [0.3, 0.4) is 0 Å². The molecule has 0 saturated heterocycles.